The average molecular weight is 640 g/mol. The zero-order valence-corrected chi connectivity index (χ0v) is 24.9. The molecule has 0 aromatic heterocycles. The van der Waals surface area contributed by atoms with E-state index in [0.29, 0.717) is 65.6 Å². The lowest BCUT2D eigenvalue weighted by Crippen LogP contribution is -2.59. The molecule has 0 radical (unpaired) electrons. The number of nitrogens with one attached hydrogen (secondary N) is 4. The molecule has 5 atom stereocenters. The molecule has 0 saturated carbocycles. The van der Waals surface area contributed by atoms with Gasteiger partial charge in [-0.25, -0.2) is 5.84 Å². The Morgan fingerprint density at radius 3 is 1.55 bits per heavy atom. The molecular weight excluding hydrogens is 590 g/mol. The third-order valence-electron chi connectivity index (χ3n) is 6.19. The fraction of sp³-hybridized carbons (Fsp3) is 0.846. The SMILES string of the molecule is NNC(=O)CCC(=O)NCCCOCCOCCOCCCNC(=O)CCC(=O)NCCO[C@H]1O[C@H](CO)[C@@H](O)[C@H](O)[C@H]1O. The predicted molar refractivity (Wildman–Crippen MR) is 151 cm³/mol. The molecule has 18 nitrogen and oxygen atoms in total. The standard InChI is InChI=1S/C26H49N5O13/c27-31-22(36)6-5-20(34)29-8-2-11-41-14-16-42-15-13-40-10-1-7-28-19(33)3-4-21(35)30-9-12-43-26-25(39)24(38)23(37)18(17-32)44-26/h18,23-26,32,37-39H,1-17,27H2,(H,28,33)(H,29,34)(H,30,35)(H,31,36)/t18-,23-,24+,25-,26+/m1/s1. The topological polar surface area (TPSA) is 269 Å². The lowest BCUT2D eigenvalue weighted by Gasteiger charge is -2.39. The summed E-state index contributed by atoms with van der Waals surface area (Å²) < 4.78 is 26.7. The number of nitrogens with two attached hydrogens (primary N) is 1. The fourth-order valence-electron chi connectivity index (χ4n) is 3.71. The van der Waals surface area contributed by atoms with Crippen molar-refractivity contribution in [2.45, 2.75) is 69.2 Å². The van der Waals surface area contributed by atoms with Crippen molar-refractivity contribution in [3.63, 3.8) is 0 Å². The van der Waals surface area contributed by atoms with Crippen molar-refractivity contribution < 1.29 is 63.3 Å². The van der Waals surface area contributed by atoms with Crippen molar-refractivity contribution in [3.8, 4) is 0 Å². The van der Waals surface area contributed by atoms with E-state index in [9.17, 15) is 34.5 Å². The van der Waals surface area contributed by atoms with E-state index < -0.39 is 43.2 Å². The molecule has 1 rings (SSSR count). The largest absolute Gasteiger partial charge is 0.394 e. The zero-order valence-electron chi connectivity index (χ0n) is 24.9. The summed E-state index contributed by atoms with van der Waals surface area (Å²) in [5.74, 6) is 3.68. The number of ether oxygens (including phenoxy) is 5. The number of aliphatic hydroxyl groups is 4. The van der Waals surface area contributed by atoms with Crippen molar-refractivity contribution in [1.29, 1.82) is 0 Å². The quantitative estimate of drug-likeness (QED) is 0.0197. The molecule has 0 aliphatic carbocycles. The van der Waals surface area contributed by atoms with Crippen LogP contribution in [0.1, 0.15) is 38.5 Å². The van der Waals surface area contributed by atoms with Gasteiger partial charge < -0.3 is 60.1 Å². The van der Waals surface area contributed by atoms with Gasteiger partial charge in [0.15, 0.2) is 6.29 Å². The van der Waals surface area contributed by atoms with Gasteiger partial charge in [-0.3, -0.25) is 24.6 Å². The van der Waals surface area contributed by atoms with Crippen LogP contribution in [0, 0.1) is 0 Å². The molecule has 10 N–H and O–H groups in total. The summed E-state index contributed by atoms with van der Waals surface area (Å²) in [4.78, 5) is 46.3. The predicted octanol–water partition coefficient (Wildman–Crippen LogP) is -4.47. The summed E-state index contributed by atoms with van der Waals surface area (Å²) in [5.41, 5.74) is 1.96. The number of rotatable bonds is 25. The zero-order chi connectivity index (χ0) is 32.6. The van der Waals surface area contributed by atoms with Crippen LogP contribution >= 0.6 is 0 Å². The van der Waals surface area contributed by atoms with Gasteiger partial charge in [-0.1, -0.05) is 0 Å². The molecule has 1 aliphatic heterocycles. The van der Waals surface area contributed by atoms with Crippen molar-refractivity contribution >= 4 is 23.6 Å². The first-order chi connectivity index (χ1) is 21.2. The van der Waals surface area contributed by atoms with E-state index in [0.717, 1.165) is 0 Å². The van der Waals surface area contributed by atoms with Crippen molar-refractivity contribution in [2.75, 3.05) is 72.5 Å². The molecule has 0 aromatic rings. The molecule has 0 unspecified atom stereocenters. The first kappa shape index (κ1) is 39.5. The van der Waals surface area contributed by atoms with Crippen molar-refractivity contribution in [2.24, 2.45) is 5.84 Å². The third-order valence-corrected chi connectivity index (χ3v) is 6.19. The van der Waals surface area contributed by atoms with Crippen molar-refractivity contribution in [3.05, 3.63) is 0 Å². The minimum atomic E-state index is -1.55. The number of amides is 4. The van der Waals surface area contributed by atoms with Gasteiger partial charge in [-0.2, -0.15) is 0 Å². The Balaban J connectivity index is 1.88. The van der Waals surface area contributed by atoms with Crippen LogP contribution in [0.15, 0.2) is 0 Å². The maximum absolute atomic E-state index is 11.9. The first-order valence-corrected chi connectivity index (χ1v) is 14.6. The second-order valence-electron chi connectivity index (χ2n) is 9.73. The van der Waals surface area contributed by atoms with Gasteiger partial charge in [0.2, 0.25) is 23.6 Å². The maximum atomic E-state index is 11.9. The van der Waals surface area contributed by atoms with E-state index in [1.54, 1.807) is 0 Å². The summed E-state index contributed by atoms with van der Waals surface area (Å²) in [6.07, 6.45) is -5.59. The highest BCUT2D eigenvalue weighted by molar-refractivity contribution is 5.84. The van der Waals surface area contributed by atoms with Crippen LogP contribution < -0.4 is 27.2 Å². The van der Waals surface area contributed by atoms with E-state index in [1.807, 2.05) is 5.43 Å². The molecule has 18 heteroatoms. The second-order valence-corrected chi connectivity index (χ2v) is 9.73. The summed E-state index contributed by atoms with van der Waals surface area (Å²) >= 11 is 0. The highest BCUT2D eigenvalue weighted by Crippen LogP contribution is 2.21. The Morgan fingerprint density at radius 2 is 1.07 bits per heavy atom. The van der Waals surface area contributed by atoms with Crippen LogP contribution in [0.3, 0.4) is 0 Å². The number of aliphatic hydroxyl groups excluding tert-OH is 4. The highest BCUT2D eigenvalue weighted by atomic mass is 16.7. The molecular formula is C26H49N5O13. The molecule has 44 heavy (non-hydrogen) atoms. The summed E-state index contributed by atoms with van der Waals surface area (Å²) in [7, 11) is 0. The average Bonchev–Trinajstić information content (AvgIpc) is 3.02. The summed E-state index contributed by atoms with van der Waals surface area (Å²) in [5, 5.41) is 46.5. The van der Waals surface area contributed by atoms with Gasteiger partial charge >= 0.3 is 0 Å². The van der Waals surface area contributed by atoms with Gasteiger partial charge in [-0.05, 0) is 12.8 Å². The van der Waals surface area contributed by atoms with Gasteiger partial charge in [0.25, 0.3) is 0 Å². The van der Waals surface area contributed by atoms with Crippen LogP contribution in [0.5, 0.6) is 0 Å². The summed E-state index contributed by atoms with van der Waals surface area (Å²) in [6.45, 7) is 2.75. The van der Waals surface area contributed by atoms with E-state index in [1.165, 1.54) is 0 Å². The van der Waals surface area contributed by atoms with Crippen LogP contribution in [0.2, 0.25) is 0 Å². The molecule has 0 bridgehead atoms. The molecule has 4 amide bonds. The second kappa shape index (κ2) is 24.8. The lowest BCUT2D eigenvalue weighted by molar-refractivity contribution is -0.300. The van der Waals surface area contributed by atoms with Crippen LogP contribution in [-0.4, -0.2) is 147 Å². The van der Waals surface area contributed by atoms with Gasteiger partial charge in [0.1, 0.15) is 24.4 Å². The number of hydrogen-bond donors (Lipinski definition) is 9. The van der Waals surface area contributed by atoms with Gasteiger partial charge in [-0.15, -0.1) is 0 Å². The van der Waals surface area contributed by atoms with Gasteiger partial charge in [0.05, 0.1) is 39.6 Å². The molecule has 0 spiro atoms. The smallest absolute Gasteiger partial charge is 0.234 e. The maximum Gasteiger partial charge on any atom is 0.234 e. The third kappa shape index (κ3) is 18.3. The molecule has 1 aliphatic rings. The van der Waals surface area contributed by atoms with Gasteiger partial charge in [0, 0.05) is 58.5 Å². The minimum absolute atomic E-state index is 0.000123. The number of carbonyl (C=O) groups is 4. The Hall–Kier alpha value is -2.52. The molecule has 1 heterocycles. The van der Waals surface area contributed by atoms with Crippen LogP contribution in [0.4, 0.5) is 0 Å². The number of carbonyl (C=O) groups excluding carboxylic acids is 4. The fourth-order valence-corrected chi connectivity index (χ4v) is 3.71. The summed E-state index contributed by atoms with van der Waals surface area (Å²) in [6, 6.07) is 0. The van der Waals surface area contributed by atoms with E-state index >= 15 is 0 Å². The number of hydrogen-bond acceptors (Lipinski definition) is 14. The lowest BCUT2D eigenvalue weighted by atomic mass is 9.99. The molecule has 256 valence electrons. The Kier molecular flexibility index (Phi) is 22.2. The molecule has 1 fully saturated rings. The monoisotopic (exact) mass is 639 g/mol. The minimum Gasteiger partial charge on any atom is -0.394 e. The van der Waals surface area contributed by atoms with E-state index in [2.05, 4.69) is 16.0 Å². The highest BCUT2D eigenvalue weighted by Gasteiger charge is 2.43. The Bertz CT molecular complexity index is 823. The first-order valence-electron chi connectivity index (χ1n) is 14.6. The normalized spacial score (nSPS) is 21.4. The van der Waals surface area contributed by atoms with E-state index in [-0.39, 0.29) is 56.6 Å². The molecule has 1 saturated heterocycles. The van der Waals surface area contributed by atoms with Crippen molar-refractivity contribution in [1.82, 2.24) is 21.4 Å². The van der Waals surface area contributed by atoms with Crippen LogP contribution in [-0.2, 0) is 42.9 Å². The molecule has 0 aromatic carbocycles. The Labute approximate surface area is 256 Å². The number of hydrazine groups is 1. The Morgan fingerprint density at radius 1 is 0.614 bits per heavy atom. The van der Waals surface area contributed by atoms with Crippen LogP contribution in [0.25, 0.3) is 0 Å². The van der Waals surface area contributed by atoms with E-state index in [4.69, 9.17) is 34.6 Å².